The first-order valence-electron chi connectivity index (χ1n) is 13.4. The highest BCUT2D eigenvalue weighted by Gasteiger charge is 2.23. The molecular weight excluding hydrogens is 504 g/mol. The van der Waals surface area contributed by atoms with Gasteiger partial charge in [-0.05, 0) is 79.1 Å². The fourth-order valence-electron chi connectivity index (χ4n) is 4.70. The van der Waals surface area contributed by atoms with Gasteiger partial charge in [-0.15, -0.1) is 11.8 Å². The van der Waals surface area contributed by atoms with Crippen LogP contribution in [-0.2, 0) is 9.59 Å². The first-order valence-corrected chi connectivity index (χ1v) is 14.3. The van der Waals surface area contributed by atoms with Crippen LogP contribution >= 0.6 is 11.8 Å². The Balaban J connectivity index is 1.24. The summed E-state index contributed by atoms with van der Waals surface area (Å²) in [6.45, 7) is 0. The van der Waals surface area contributed by atoms with Gasteiger partial charge in [0.2, 0.25) is 11.8 Å². The number of amides is 2. The third-order valence-electron chi connectivity index (χ3n) is 6.79. The maximum atomic E-state index is 13.5. The molecule has 4 aromatic rings. The number of anilines is 2. The van der Waals surface area contributed by atoms with E-state index < -0.39 is 5.25 Å². The Labute approximate surface area is 234 Å². The van der Waals surface area contributed by atoms with Crippen LogP contribution in [0.2, 0.25) is 0 Å². The summed E-state index contributed by atoms with van der Waals surface area (Å²) in [5.41, 5.74) is 2.40. The lowest BCUT2D eigenvalue weighted by atomic mass is 9.88. The molecular formula is C33H32N2O3S. The summed E-state index contributed by atoms with van der Waals surface area (Å²) in [7, 11) is 0. The number of thioether (sulfide) groups is 1. The first kappa shape index (κ1) is 26.6. The number of nitrogens with one attached hydrogen (secondary N) is 2. The number of carbonyl (C=O) groups excluding carboxylic acids is 2. The number of hydrogen-bond acceptors (Lipinski definition) is 4. The molecule has 1 unspecified atom stereocenters. The van der Waals surface area contributed by atoms with Gasteiger partial charge in [-0.1, -0.05) is 67.8 Å². The van der Waals surface area contributed by atoms with Crippen LogP contribution in [0, 0.1) is 5.92 Å². The molecule has 0 aliphatic heterocycles. The molecule has 0 saturated heterocycles. The molecule has 198 valence electrons. The molecule has 2 amide bonds. The van der Waals surface area contributed by atoms with Crippen LogP contribution in [0.15, 0.2) is 114 Å². The number of hydrogen-bond donors (Lipinski definition) is 2. The van der Waals surface area contributed by atoms with Gasteiger partial charge in [0.15, 0.2) is 0 Å². The molecule has 1 fully saturated rings. The third kappa shape index (κ3) is 7.52. The highest BCUT2D eigenvalue weighted by molar-refractivity contribution is 8.00. The predicted molar refractivity (Wildman–Crippen MR) is 158 cm³/mol. The van der Waals surface area contributed by atoms with Gasteiger partial charge in [-0.25, -0.2) is 0 Å². The molecule has 1 saturated carbocycles. The second-order valence-electron chi connectivity index (χ2n) is 9.69. The zero-order valence-electron chi connectivity index (χ0n) is 21.7. The number of para-hydroxylation sites is 1. The minimum Gasteiger partial charge on any atom is -0.457 e. The quantitative estimate of drug-likeness (QED) is 0.211. The number of rotatable bonds is 9. The van der Waals surface area contributed by atoms with E-state index in [1.54, 1.807) is 0 Å². The Kier molecular flexibility index (Phi) is 8.97. The van der Waals surface area contributed by atoms with Crippen molar-refractivity contribution in [2.75, 3.05) is 10.6 Å². The molecule has 0 heterocycles. The second-order valence-corrected chi connectivity index (χ2v) is 10.9. The van der Waals surface area contributed by atoms with Crippen molar-refractivity contribution < 1.29 is 14.3 Å². The van der Waals surface area contributed by atoms with Crippen molar-refractivity contribution in [3.63, 3.8) is 0 Å². The summed E-state index contributed by atoms with van der Waals surface area (Å²) in [5, 5.41) is 5.66. The van der Waals surface area contributed by atoms with E-state index in [2.05, 4.69) is 10.6 Å². The van der Waals surface area contributed by atoms with Crippen LogP contribution in [0.25, 0.3) is 0 Å². The molecule has 0 aromatic heterocycles. The smallest absolute Gasteiger partial charge is 0.242 e. The molecule has 2 N–H and O–H groups in total. The van der Waals surface area contributed by atoms with Crippen molar-refractivity contribution in [2.24, 2.45) is 5.92 Å². The van der Waals surface area contributed by atoms with E-state index in [9.17, 15) is 9.59 Å². The molecule has 4 aromatic carbocycles. The van der Waals surface area contributed by atoms with E-state index in [1.165, 1.54) is 18.2 Å². The van der Waals surface area contributed by atoms with Crippen molar-refractivity contribution >= 4 is 35.0 Å². The lowest BCUT2D eigenvalue weighted by Crippen LogP contribution is -2.24. The summed E-state index contributed by atoms with van der Waals surface area (Å²) in [4.78, 5) is 27.0. The van der Waals surface area contributed by atoms with Gasteiger partial charge < -0.3 is 15.4 Å². The maximum absolute atomic E-state index is 13.5. The molecule has 0 bridgehead atoms. The molecule has 39 heavy (non-hydrogen) atoms. The number of ether oxygens (including phenoxy) is 1. The average Bonchev–Trinajstić information content (AvgIpc) is 2.99. The largest absolute Gasteiger partial charge is 0.457 e. The van der Waals surface area contributed by atoms with Crippen molar-refractivity contribution in [1.82, 2.24) is 0 Å². The van der Waals surface area contributed by atoms with Gasteiger partial charge in [0.05, 0.1) is 0 Å². The standard InChI is InChI=1S/C33H32N2O3S/c36-32(25-12-6-2-7-13-25)34-27-18-22-30(23-19-27)39-31(24-10-4-1-5-11-24)33(37)35-26-16-20-29(21-17-26)38-28-14-8-3-9-15-28/h1,3-5,8-11,14-23,25,31H,2,6-7,12-13H2,(H,34,36)(H,35,37). The molecule has 0 radical (unpaired) electrons. The zero-order chi connectivity index (χ0) is 26.9. The van der Waals surface area contributed by atoms with Crippen molar-refractivity contribution in [3.8, 4) is 11.5 Å². The maximum Gasteiger partial charge on any atom is 0.242 e. The summed E-state index contributed by atoms with van der Waals surface area (Å²) in [5.74, 6) is 1.56. The molecule has 1 aliphatic carbocycles. The Morgan fingerprint density at radius 2 is 1.23 bits per heavy atom. The van der Waals surface area contributed by atoms with Gasteiger partial charge in [0, 0.05) is 22.2 Å². The fraction of sp³-hybridized carbons (Fsp3) is 0.212. The van der Waals surface area contributed by atoms with Crippen LogP contribution in [0.1, 0.15) is 42.9 Å². The van der Waals surface area contributed by atoms with Gasteiger partial charge in [0.25, 0.3) is 0 Å². The lowest BCUT2D eigenvalue weighted by Gasteiger charge is -2.21. The topological polar surface area (TPSA) is 67.4 Å². The highest BCUT2D eigenvalue weighted by Crippen LogP contribution is 2.37. The number of benzene rings is 4. The first-order chi connectivity index (χ1) is 19.1. The predicted octanol–water partition coefficient (Wildman–Crippen LogP) is 8.47. The number of carbonyl (C=O) groups is 2. The summed E-state index contributed by atoms with van der Waals surface area (Å²) >= 11 is 1.48. The Morgan fingerprint density at radius 3 is 1.90 bits per heavy atom. The minimum atomic E-state index is -0.450. The van der Waals surface area contributed by atoms with E-state index in [0.717, 1.165) is 47.6 Å². The molecule has 0 spiro atoms. The molecule has 5 nitrogen and oxygen atoms in total. The van der Waals surface area contributed by atoms with Crippen LogP contribution in [0.3, 0.4) is 0 Å². The Morgan fingerprint density at radius 1 is 0.667 bits per heavy atom. The van der Waals surface area contributed by atoms with Gasteiger partial charge in [-0.2, -0.15) is 0 Å². The van der Waals surface area contributed by atoms with E-state index >= 15 is 0 Å². The average molecular weight is 537 g/mol. The van der Waals surface area contributed by atoms with Crippen molar-refractivity contribution in [1.29, 1.82) is 0 Å². The minimum absolute atomic E-state index is 0.108. The van der Waals surface area contributed by atoms with Crippen molar-refractivity contribution in [3.05, 3.63) is 115 Å². The molecule has 5 rings (SSSR count). The summed E-state index contributed by atoms with van der Waals surface area (Å²) in [6.07, 6.45) is 5.41. The Bertz CT molecular complexity index is 1350. The van der Waals surface area contributed by atoms with Gasteiger partial charge in [0.1, 0.15) is 16.7 Å². The fourth-order valence-corrected chi connectivity index (χ4v) is 5.73. The Hall–Kier alpha value is -4.03. The van der Waals surface area contributed by atoms with Crippen LogP contribution < -0.4 is 15.4 Å². The van der Waals surface area contributed by atoms with Crippen molar-refractivity contribution in [2.45, 2.75) is 42.2 Å². The summed E-state index contributed by atoms with van der Waals surface area (Å²) in [6, 6.07) is 34.4. The summed E-state index contributed by atoms with van der Waals surface area (Å²) < 4.78 is 5.86. The second kappa shape index (κ2) is 13.2. The molecule has 1 atom stereocenters. The van der Waals surface area contributed by atoms with E-state index in [-0.39, 0.29) is 17.7 Å². The normalized spacial score (nSPS) is 14.3. The SMILES string of the molecule is O=C(Nc1ccc(SC(C(=O)Nc2ccc(Oc3ccccc3)cc2)c2ccccc2)cc1)C1CCCCC1. The zero-order valence-corrected chi connectivity index (χ0v) is 22.5. The highest BCUT2D eigenvalue weighted by atomic mass is 32.2. The van der Waals surface area contributed by atoms with E-state index in [1.807, 2.05) is 109 Å². The molecule has 6 heteroatoms. The van der Waals surface area contributed by atoms with E-state index in [4.69, 9.17) is 4.74 Å². The van der Waals surface area contributed by atoms with Crippen LogP contribution in [-0.4, -0.2) is 11.8 Å². The van der Waals surface area contributed by atoms with Crippen LogP contribution in [0.4, 0.5) is 11.4 Å². The van der Waals surface area contributed by atoms with Gasteiger partial charge in [-0.3, -0.25) is 9.59 Å². The molecule has 1 aliphatic rings. The lowest BCUT2D eigenvalue weighted by molar-refractivity contribution is -0.120. The van der Waals surface area contributed by atoms with Gasteiger partial charge >= 0.3 is 0 Å². The third-order valence-corrected chi connectivity index (χ3v) is 8.06. The van der Waals surface area contributed by atoms with Crippen LogP contribution in [0.5, 0.6) is 11.5 Å². The van der Waals surface area contributed by atoms with E-state index in [0.29, 0.717) is 11.4 Å². The monoisotopic (exact) mass is 536 g/mol.